The Morgan fingerprint density at radius 2 is 2.19 bits per heavy atom. The van der Waals surface area contributed by atoms with Crippen LogP contribution in [0.1, 0.15) is 11.1 Å². The van der Waals surface area contributed by atoms with Crippen LogP contribution in [0.4, 0.5) is 0 Å². The molecule has 0 unspecified atom stereocenters. The largest absolute Gasteiger partial charge is 0.384 e. The summed E-state index contributed by atoms with van der Waals surface area (Å²) in [5, 5.41) is 7.50. The molecule has 1 radical (unpaired) electrons. The van der Waals surface area contributed by atoms with Gasteiger partial charge < -0.3 is 5.73 Å². The molecule has 0 aliphatic carbocycles. The lowest BCUT2D eigenvalue weighted by molar-refractivity contribution is 1.28. The summed E-state index contributed by atoms with van der Waals surface area (Å²) < 4.78 is 0. The van der Waals surface area contributed by atoms with Crippen molar-refractivity contribution < 1.29 is 0 Å². The molecule has 0 amide bonds. The summed E-state index contributed by atoms with van der Waals surface area (Å²) in [5.41, 5.74) is 8.98. The van der Waals surface area contributed by atoms with Crippen LogP contribution in [-0.2, 0) is 0 Å². The third-order valence-electron chi connectivity index (χ3n) is 2.34. The predicted molar refractivity (Wildman–Crippen MR) is 64.3 cm³/mol. The van der Waals surface area contributed by atoms with Crippen molar-refractivity contribution in [2.24, 2.45) is 5.73 Å². The first kappa shape index (κ1) is 10.4. The van der Waals surface area contributed by atoms with Gasteiger partial charge in [0.1, 0.15) is 5.84 Å². The molecule has 1 aromatic heterocycles. The summed E-state index contributed by atoms with van der Waals surface area (Å²) in [6.45, 7) is 2.02. The lowest BCUT2D eigenvalue weighted by Crippen LogP contribution is -2.13. The Morgan fingerprint density at radius 1 is 1.38 bits per heavy atom. The maximum atomic E-state index is 7.50. The highest BCUT2D eigenvalue weighted by molar-refractivity contribution is 6.00. The number of benzene rings is 1. The van der Waals surface area contributed by atoms with Crippen molar-refractivity contribution in [1.29, 1.82) is 5.41 Å². The molecule has 1 aromatic carbocycles. The summed E-state index contributed by atoms with van der Waals surface area (Å²) in [7, 11) is 0. The summed E-state index contributed by atoms with van der Waals surface area (Å²) in [6.07, 6.45) is 2.77. The van der Waals surface area contributed by atoms with Crippen molar-refractivity contribution in [2.45, 2.75) is 6.92 Å². The molecule has 0 bridgehead atoms. The third kappa shape index (κ3) is 1.93. The maximum Gasteiger partial charge on any atom is 0.125 e. The van der Waals surface area contributed by atoms with E-state index in [-0.39, 0.29) is 5.84 Å². The van der Waals surface area contributed by atoms with Crippen LogP contribution in [0, 0.1) is 18.5 Å². The van der Waals surface area contributed by atoms with Crippen LogP contribution in [0.15, 0.2) is 36.4 Å². The van der Waals surface area contributed by atoms with Crippen molar-refractivity contribution in [1.82, 2.24) is 4.98 Å². The molecule has 0 aliphatic rings. The molecule has 2 rings (SSSR count). The van der Waals surface area contributed by atoms with E-state index < -0.39 is 0 Å². The number of nitrogens with one attached hydrogen (secondary N) is 1. The zero-order valence-electron chi connectivity index (χ0n) is 8.99. The van der Waals surface area contributed by atoms with E-state index in [1.165, 1.54) is 0 Å². The van der Waals surface area contributed by atoms with Crippen molar-refractivity contribution in [3.05, 3.63) is 53.7 Å². The molecular formula is C13H12N3. The molecule has 0 saturated heterocycles. The van der Waals surface area contributed by atoms with E-state index in [9.17, 15) is 0 Å². The molecular weight excluding hydrogens is 198 g/mol. The Hall–Kier alpha value is -2.16. The number of nitrogens with two attached hydrogens (primary N) is 1. The number of aromatic nitrogens is 1. The van der Waals surface area contributed by atoms with E-state index in [0.29, 0.717) is 11.3 Å². The van der Waals surface area contributed by atoms with Gasteiger partial charge in [0.25, 0.3) is 0 Å². The number of nitrogens with zero attached hydrogens (tertiary/aromatic N) is 1. The molecule has 79 valence electrons. The molecule has 0 spiro atoms. The van der Waals surface area contributed by atoms with Crippen molar-refractivity contribution in [3.8, 4) is 11.3 Å². The van der Waals surface area contributed by atoms with Gasteiger partial charge in [0.05, 0.1) is 11.9 Å². The van der Waals surface area contributed by atoms with Crippen LogP contribution in [0.25, 0.3) is 11.3 Å². The highest BCUT2D eigenvalue weighted by atomic mass is 14.7. The molecule has 3 N–H and O–H groups in total. The first-order valence-corrected chi connectivity index (χ1v) is 4.97. The number of hydrogen-bond donors (Lipinski definition) is 2. The number of rotatable bonds is 2. The lowest BCUT2D eigenvalue weighted by atomic mass is 10.0. The minimum absolute atomic E-state index is 0.0259. The third-order valence-corrected chi connectivity index (χ3v) is 2.34. The van der Waals surface area contributed by atoms with E-state index in [2.05, 4.69) is 11.2 Å². The number of hydrogen-bond acceptors (Lipinski definition) is 2. The van der Waals surface area contributed by atoms with Crippen molar-refractivity contribution in [2.75, 3.05) is 0 Å². The molecule has 0 fully saturated rings. The molecule has 0 saturated carbocycles. The van der Waals surface area contributed by atoms with Crippen LogP contribution in [0.3, 0.4) is 0 Å². The molecule has 2 aromatic rings. The average Bonchev–Trinajstić information content (AvgIpc) is 2.29. The van der Waals surface area contributed by atoms with E-state index in [1.807, 2.05) is 31.2 Å². The Kier molecular flexibility index (Phi) is 2.68. The van der Waals surface area contributed by atoms with Gasteiger partial charge in [-0.2, -0.15) is 0 Å². The van der Waals surface area contributed by atoms with Gasteiger partial charge in [-0.15, -0.1) is 0 Å². The van der Waals surface area contributed by atoms with E-state index in [0.717, 1.165) is 11.1 Å². The van der Waals surface area contributed by atoms with E-state index >= 15 is 0 Å². The number of amidine groups is 1. The minimum Gasteiger partial charge on any atom is -0.384 e. The topological polar surface area (TPSA) is 62.8 Å². The molecule has 0 atom stereocenters. The predicted octanol–water partition coefficient (Wildman–Crippen LogP) is 2.14. The normalized spacial score (nSPS) is 10.1. The second-order valence-corrected chi connectivity index (χ2v) is 3.62. The molecule has 1 heterocycles. The van der Waals surface area contributed by atoms with Crippen LogP contribution in [-0.4, -0.2) is 10.8 Å². The summed E-state index contributed by atoms with van der Waals surface area (Å²) in [6, 6.07) is 11.4. The lowest BCUT2D eigenvalue weighted by Gasteiger charge is -2.07. The maximum absolute atomic E-state index is 7.50. The van der Waals surface area contributed by atoms with Crippen LogP contribution >= 0.6 is 0 Å². The number of pyridine rings is 1. The highest BCUT2D eigenvalue weighted by Gasteiger charge is 2.08. The Balaban J connectivity index is 2.60. The zero-order chi connectivity index (χ0) is 11.5. The number of aryl methyl sites for hydroxylation is 1. The van der Waals surface area contributed by atoms with Crippen molar-refractivity contribution >= 4 is 5.84 Å². The van der Waals surface area contributed by atoms with Crippen LogP contribution in [0.2, 0.25) is 0 Å². The molecule has 0 aliphatic heterocycles. The SMILES string of the molecule is Cc1cccc(-c2n[c]ccc2C(=N)N)c1. The molecule has 3 heteroatoms. The second-order valence-electron chi connectivity index (χ2n) is 3.62. The monoisotopic (exact) mass is 210 g/mol. The fourth-order valence-corrected chi connectivity index (χ4v) is 1.59. The first-order valence-electron chi connectivity index (χ1n) is 4.97. The van der Waals surface area contributed by atoms with Gasteiger partial charge in [0, 0.05) is 11.1 Å². The fraction of sp³-hybridized carbons (Fsp3) is 0.0769. The number of nitrogen functional groups attached to an aromatic ring is 1. The minimum atomic E-state index is 0.0259. The quantitative estimate of drug-likeness (QED) is 0.589. The van der Waals surface area contributed by atoms with E-state index in [4.69, 9.17) is 11.1 Å². The first-order chi connectivity index (χ1) is 7.68. The smallest absolute Gasteiger partial charge is 0.125 e. The average molecular weight is 210 g/mol. The Morgan fingerprint density at radius 3 is 2.88 bits per heavy atom. The van der Waals surface area contributed by atoms with Crippen molar-refractivity contribution in [3.63, 3.8) is 0 Å². The van der Waals surface area contributed by atoms with Gasteiger partial charge >= 0.3 is 0 Å². The zero-order valence-corrected chi connectivity index (χ0v) is 8.99. The second kappa shape index (κ2) is 4.14. The summed E-state index contributed by atoms with van der Waals surface area (Å²) in [5.74, 6) is 0.0259. The van der Waals surface area contributed by atoms with Gasteiger partial charge in [0.2, 0.25) is 0 Å². The van der Waals surface area contributed by atoms with Gasteiger partial charge in [-0.3, -0.25) is 5.41 Å². The fourth-order valence-electron chi connectivity index (χ4n) is 1.59. The Bertz CT molecular complexity index is 532. The van der Waals surface area contributed by atoms with Gasteiger partial charge in [-0.05, 0) is 25.1 Å². The Labute approximate surface area is 94.5 Å². The van der Waals surface area contributed by atoms with E-state index in [1.54, 1.807) is 12.1 Å². The molecule has 16 heavy (non-hydrogen) atoms. The molecule has 3 nitrogen and oxygen atoms in total. The van der Waals surface area contributed by atoms with Gasteiger partial charge in [-0.25, -0.2) is 4.98 Å². The van der Waals surface area contributed by atoms with Crippen LogP contribution < -0.4 is 5.73 Å². The standard InChI is InChI=1S/C13H12N3/c1-9-4-2-5-10(8-9)12-11(13(14)15)6-3-7-16-12/h2-6,8H,1H3,(H3,14,15). The summed E-state index contributed by atoms with van der Waals surface area (Å²) in [4.78, 5) is 4.17. The van der Waals surface area contributed by atoms with Gasteiger partial charge in [-0.1, -0.05) is 23.8 Å². The summed E-state index contributed by atoms with van der Waals surface area (Å²) >= 11 is 0. The van der Waals surface area contributed by atoms with Crippen LogP contribution in [0.5, 0.6) is 0 Å². The highest BCUT2D eigenvalue weighted by Crippen LogP contribution is 2.21. The van der Waals surface area contributed by atoms with Gasteiger partial charge in [0.15, 0.2) is 0 Å².